The Morgan fingerprint density at radius 1 is 1.11 bits per heavy atom. The first-order chi connectivity index (χ1) is 13.0. The number of fused-ring (bicyclic) bond motifs is 2. The van der Waals surface area contributed by atoms with Crippen LogP contribution >= 0.6 is 11.8 Å². The fourth-order valence-corrected chi connectivity index (χ4v) is 4.03. The van der Waals surface area contributed by atoms with Crippen molar-refractivity contribution in [3.05, 3.63) is 54.9 Å². The van der Waals surface area contributed by atoms with Gasteiger partial charge in [-0.3, -0.25) is 14.5 Å². The number of anilines is 2. The molecule has 0 saturated carbocycles. The number of carbonyl (C=O) groups is 2. The van der Waals surface area contributed by atoms with Crippen molar-refractivity contribution in [2.45, 2.75) is 24.4 Å². The topological polar surface area (TPSA) is 75.2 Å². The van der Waals surface area contributed by atoms with Crippen LogP contribution in [0.4, 0.5) is 11.4 Å². The van der Waals surface area contributed by atoms with E-state index in [1.807, 2.05) is 42.5 Å². The lowest BCUT2D eigenvalue weighted by Crippen LogP contribution is -2.58. The number of amides is 2. The molecule has 0 aliphatic carbocycles. The number of carbonyl (C=O) groups excluding carboxylic acids is 2. The van der Waals surface area contributed by atoms with Gasteiger partial charge < -0.3 is 5.32 Å². The molecule has 6 nitrogen and oxygen atoms in total. The van der Waals surface area contributed by atoms with E-state index in [0.29, 0.717) is 11.4 Å². The Labute approximate surface area is 161 Å². The van der Waals surface area contributed by atoms with Crippen molar-refractivity contribution in [3.8, 4) is 0 Å². The standard InChI is InChI=1S/C20H18N4O2S/c1-20(2)19(26)23-15-9-5-6-10-16(15)24(20)17(25)11-27-18-13-7-3-4-8-14(13)21-12-22-18/h3-10,12H,11H2,1-2H3,(H,23,26). The Hall–Kier alpha value is -2.93. The first-order valence-electron chi connectivity index (χ1n) is 8.54. The summed E-state index contributed by atoms with van der Waals surface area (Å²) in [7, 11) is 0. The lowest BCUT2D eigenvalue weighted by molar-refractivity contribution is -0.125. The van der Waals surface area contributed by atoms with Crippen LogP contribution in [0.3, 0.4) is 0 Å². The molecule has 3 aromatic rings. The van der Waals surface area contributed by atoms with Crippen molar-refractivity contribution < 1.29 is 9.59 Å². The average molecular weight is 378 g/mol. The fraction of sp³-hybridized carbons (Fsp3) is 0.200. The van der Waals surface area contributed by atoms with Gasteiger partial charge in [0.15, 0.2) is 0 Å². The second-order valence-corrected chi connectivity index (χ2v) is 7.71. The molecule has 1 N–H and O–H groups in total. The second-order valence-electron chi connectivity index (χ2n) is 6.74. The molecule has 2 heterocycles. The highest BCUT2D eigenvalue weighted by Crippen LogP contribution is 2.37. The lowest BCUT2D eigenvalue weighted by Gasteiger charge is -2.42. The van der Waals surface area contributed by atoms with E-state index in [1.165, 1.54) is 18.1 Å². The summed E-state index contributed by atoms with van der Waals surface area (Å²) in [6, 6.07) is 15.0. The third kappa shape index (κ3) is 3.04. The summed E-state index contributed by atoms with van der Waals surface area (Å²) in [5.41, 5.74) is 1.22. The Morgan fingerprint density at radius 3 is 2.70 bits per heavy atom. The van der Waals surface area contributed by atoms with Gasteiger partial charge in [-0.1, -0.05) is 42.1 Å². The van der Waals surface area contributed by atoms with Crippen molar-refractivity contribution in [2.24, 2.45) is 0 Å². The van der Waals surface area contributed by atoms with Gasteiger partial charge in [-0.05, 0) is 32.0 Å². The van der Waals surface area contributed by atoms with Gasteiger partial charge in [0.2, 0.25) is 11.8 Å². The number of hydrogen-bond acceptors (Lipinski definition) is 5. The number of benzene rings is 2. The molecule has 0 fully saturated rings. The van der Waals surface area contributed by atoms with Gasteiger partial charge in [-0.15, -0.1) is 0 Å². The van der Waals surface area contributed by atoms with Gasteiger partial charge in [-0.25, -0.2) is 9.97 Å². The van der Waals surface area contributed by atoms with Crippen LogP contribution in [-0.4, -0.2) is 33.1 Å². The largest absolute Gasteiger partial charge is 0.322 e. The van der Waals surface area contributed by atoms with Gasteiger partial charge in [0.05, 0.1) is 22.6 Å². The van der Waals surface area contributed by atoms with Crippen LogP contribution in [-0.2, 0) is 9.59 Å². The first kappa shape index (κ1) is 17.5. The number of nitrogens with one attached hydrogen (secondary N) is 1. The van der Waals surface area contributed by atoms with Crippen LogP contribution in [0.25, 0.3) is 10.9 Å². The van der Waals surface area contributed by atoms with Crippen LogP contribution < -0.4 is 10.2 Å². The molecule has 1 aromatic heterocycles. The lowest BCUT2D eigenvalue weighted by atomic mass is 9.96. The van der Waals surface area contributed by atoms with Gasteiger partial charge in [0.1, 0.15) is 16.9 Å². The Kier molecular flexibility index (Phi) is 4.31. The van der Waals surface area contributed by atoms with E-state index < -0.39 is 5.54 Å². The van der Waals surface area contributed by atoms with Gasteiger partial charge in [0.25, 0.3) is 0 Å². The fourth-order valence-electron chi connectivity index (χ4n) is 3.19. The van der Waals surface area contributed by atoms with Crippen LogP contribution in [0, 0.1) is 0 Å². The monoisotopic (exact) mass is 378 g/mol. The summed E-state index contributed by atoms with van der Waals surface area (Å²) < 4.78 is 0. The van der Waals surface area contributed by atoms with Gasteiger partial charge in [-0.2, -0.15) is 0 Å². The zero-order valence-corrected chi connectivity index (χ0v) is 15.8. The number of aromatic nitrogens is 2. The molecule has 0 saturated heterocycles. The molecule has 0 radical (unpaired) electrons. The van der Waals surface area contributed by atoms with E-state index in [9.17, 15) is 9.59 Å². The van der Waals surface area contributed by atoms with Crippen molar-refractivity contribution in [1.82, 2.24) is 9.97 Å². The van der Waals surface area contributed by atoms with Crippen molar-refractivity contribution in [1.29, 1.82) is 0 Å². The van der Waals surface area contributed by atoms with Crippen LogP contribution in [0.1, 0.15) is 13.8 Å². The summed E-state index contributed by atoms with van der Waals surface area (Å²) >= 11 is 1.35. The SMILES string of the molecule is CC1(C)C(=O)Nc2ccccc2N1C(=O)CSc1ncnc2ccccc12. The molecule has 0 atom stereocenters. The smallest absolute Gasteiger partial charge is 0.250 e. The number of rotatable bonds is 3. The Balaban J connectivity index is 1.63. The second kappa shape index (κ2) is 6.66. The Morgan fingerprint density at radius 2 is 1.85 bits per heavy atom. The normalized spacial score (nSPS) is 15.3. The summed E-state index contributed by atoms with van der Waals surface area (Å²) in [5.74, 6) is -0.173. The minimum atomic E-state index is -0.972. The molecule has 27 heavy (non-hydrogen) atoms. The minimum absolute atomic E-state index is 0.144. The number of thioether (sulfide) groups is 1. The maximum absolute atomic E-state index is 13.1. The molecule has 1 aliphatic heterocycles. The highest BCUT2D eigenvalue weighted by atomic mass is 32.2. The van der Waals surface area contributed by atoms with Crippen LogP contribution in [0.5, 0.6) is 0 Å². The molecule has 2 aromatic carbocycles. The highest BCUT2D eigenvalue weighted by molar-refractivity contribution is 8.00. The number of hydrogen-bond donors (Lipinski definition) is 1. The highest BCUT2D eigenvalue weighted by Gasteiger charge is 2.43. The van der Waals surface area contributed by atoms with E-state index in [1.54, 1.807) is 24.8 Å². The summed E-state index contributed by atoms with van der Waals surface area (Å²) in [5, 5.41) is 4.54. The zero-order chi connectivity index (χ0) is 19.0. The quantitative estimate of drug-likeness (QED) is 0.558. The van der Waals surface area contributed by atoms with Crippen molar-refractivity contribution >= 4 is 45.9 Å². The summed E-state index contributed by atoms with van der Waals surface area (Å²) in [6.07, 6.45) is 1.50. The molecule has 136 valence electrons. The van der Waals surface area contributed by atoms with Crippen LogP contribution in [0.2, 0.25) is 0 Å². The predicted octanol–water partition coefficient (Wildman–Crippen LogP) is 3.49. The third-order valence-electron chi connectivity index (χ3n) is 4.60. The molecule has 0 bridgehead atoms. The number of para-hydroxylation sites is 3. The van der Waals surface area contributed by atoms with E-state index in [0.717, 1.165) is 15.9 Å². The third-order valence-corrected chi connectivity index (χ3v) is 5.59. The zero-order valence-electron chi connectivity index (χ0n) is 15.0. The van der Waals surface area contributed by atoms with Crippen LogP contribution in [0.15, 0.2) is 59.9 Å². The van der Waals surface area contributed by atoms with E-state index in [-0.39, 0.29) is 17.6 Å². The molecular formula is C20H18N4O2S. The van der Waals surface area contributed by atoms with E-state index in [4.69, 9.17) is 0 Å². The van der Waals surface area contributed by atoms with E-state index in [2.05, 4.69) is 15.3 Å². The molecule has 7 heteroatoms. The summed E-state index contributed by atoms with van der Waals surface area (Å²) in [6.45, 7) is 3.50. The molecule has 0 spiro atoms. The first-order valence-corrected chi connectivity index (χ1v) is 9.53. The number of nitrogens with zero attached hydrogens (tertiary/aromatic N) is 3. The molecule has 4 rings (SSSR count). The van der Waals surface area contributed by atoms with Gasteiger partial charge >= 0.3 is 0 Å². The maximum atomic E-state index is 13.1. The Bertz CT molecular complexity index is 1050. The van der Waals surface area contributed by atoms with Crippen molar-refractivity contribution in [3.63, 3.8) is 0 Å². The molecular weight excluding hydrogens is 360 g/mol. The maximum Gasteiger partial charge on any atom is 0.250 e. The predicted molar refractivity (Wildman–Crippen MR) is 107 cm³/mol. The average Bonchev–Trinajstić information content (AvgIpc) is 2.67. The molecule has 1 aliphatic rings. The van der Waals surface area contributed by atoms with Gasteiger partial charge in [0, 0.05) is 5.39 Å². The molecule has 2 amide bonds. The van der Waals surface area contributed by atoms with Crippen molar-refractivity contribution in [2.75, 3.05) is 16.0 Å². The minimum Gasteiger partial charge on any atom is -0.322 e. The van der Waals surface area contributed by atoms with E-state index >= 15 is 0 Å². The molecule has 0 unspecified atom stereocenters. The summed E-state index contributed by atoms with van der Waals surface area (Å²) in [4.78, 5) is 35.8.